The number of hydrogen-bond acceptors (Lipinski definition) is 7. The fraction of sp³-hybridized carbons (Fsp3) is 0.0800. The molecule has 0 saturated heterocycles. The maximum absolute atomic E-state index is 13.1. The van der Waals surface area contributed by atoms with E-state index in [-0.39, 0.29) is 17.8 Å². The second kappa shape index (κ2) is 11.7. The van der Waals surface area contributed by atoms with Gasteiger partial charge in [0, 0.05) is 29.3 Å². The Bertz CT molecular complexity index is 1430. The monoisotopic (exact) mass is 517 g/mol. The molecule has 0 bridgehead atoms. The number of tetrazole rings is 1. The SMILES string of the molecule is O=C(/C=C/c1cc(Cl)ccc1-n1cnnn1)N[C@@H](Cc1ccccc1)C(=O)Nc1ccc(C(=O)O)cn1. The van der Waals surface area contributed by atoms with Gasteiger partial charge in [-0.3, -0.25) is 9.59 Å². The highest BCUT2D eigenvalue weighted by Crippen LogP contribution is 2.20. The van der Waals surface area contributed by atoms with Crippen molar-refractivity contribution < 1.29 is 19.5 Å². The van der Waals surface area contributed by atoms with Crippen LogP contribution < -0.4 is 10.6 Å². The Labute approximate surface area is 215 Å². The molecular formula is C25H20ClN7O4. The second-order valence-corrected chi connectivity index (χ2v) is 8.20. The number of rotatable bonds is 9. The maximum atomic E-state index is 13.1. The largest absolute Gasteiger partial charge is 0.478 e. The topological polar surface area (TPSA) is 152 Å². The number of carbonyl (C=O) groups is 3. The molecule has 2 heterocycles. The van der Waals surface area contributed by atoms with Crippen molar-refractivity contribution in [3.8, 4) is 5.69 Å². The van der Waals surface area contributed by atoms with E-state index in [0.717, 1.165) is 11.8 Å². The molecular weight excluding hydrogens is 498 g/mol. The molecule has 3 N–H and O–H groups in total. The van der Waals surface area contributed by atoms with Crippen molar-refractivity contribution in [2.75, 3.05) is 5.32 Å². The van der Waals surface area contributed by atoms with E-state index in [4.69, 9.17) is 16.7 Å². The first-order valence-corrected chi connectivity index (χ1v) is 11.3. The zero-order chi connectivity index (χ0) is 26.2. The number of nitrogens with one attached hydrogen (secondary N) is 2. The van der Waals surface area contributed by atoms with Gasteiger partial charge in [-0.15, -0.1) is 5.10 Å². The lowest BCUT2D eigenvalue weighted by molar-refractivity contribution is -0.123. The van der Waals surface area contributed by atoms with Gasteiger partial charge in [0.05, 0.1) is 11.3 Å². The minimum Gasteiger partial charge on any atom is -0.478 e. The van der Waals surface area contributed by atoms with E-state index in [1.165, 1.54) is 29.2 Å². The average molecular weight is 518 g/mol. The standard InChI is InChI=1S/C25H20ClN7O4/c26-19-8-9-21(33-15-28-31-32-33)17(13-19)7-11-23(34)29-20(12-16-4-2-1-3-5-16)24(35)30-22-10-6-18(14-27-22)25(36)37/h1-11,13-15,20H,12H2,(H,29,34)(H,36,37)(H,27,30,35)/b11-7+/t20-/m0/s1. The van der Waals surface area contributed by atoms with Crippen LogP contribution in [0.15, 0.2) is 79.3 Å². The van der Waals surface area contributed by atoms with Crippen molar-refractivity contribution >= 4 is 41.3 Å². The van der Waals surface area contributed by atoms with Crippen LogP contribution >= 0.6 is 11.6 Å². The number of anilines is 1. The molecule has 0 spiro atoms. The van der Waals surface area contributed by atoms with Crippen LogP contribution in [0.25, 0.3) is 11.8 Å². The molecule has 0 radical (unpaired) electrons. The molecule has 0 aliphatic carbocycles. The summed E-state index contributed by atoms with van der Waals surface area (Å²) in [6.07, 6.45) is 5.59. The summed E-state index contributed by atoms with van der Waals surface area (Å²) in [5.74, 6) is -2.01. The summed E-state index contributed by atoms with van der Waals surface area (Å²) in [6.45, 7) is 0. The minimum absolute atomic E-state index is 0.0145. The number of pyridine rings is 1. The van der Waals surface area contributed by atoms with E-state index >= 15 is 0 Å². The Kier molecular flexibility index (Phi) is 7.96. The smallest absolute Gasteiger partial charge is 0.337 e. The normalized spacial score (nSPS) is 11.7. The molecule has 0 unspecified atom stereocenters. The number of carbonyl (C=O) groups excluding carboxylic acids is 2. The van der Waals surface area contributed by atoms with Crippen molar-refractivity contribution in [2.45, 2.75) is 12.5 Å². The maximum Gasteiger partial charge on any atom is 0.337 e. The number of carboxylic acid groups (broad SMARTS) is 1. The highest BCUT2D eigenvalue weighted by Gasteiger charge is 2.21. The number of amides is 2. The Morgan fingerprint density at radius 1 is 1.08 bits per heavy atom. The van der Waals surface area contributed by atoms with E-state index in [2.05, 4.69) is 31.1 Å². The van der Waals surface area contributed by atoms with Gasteiger partial charge in [0.1, 0.15) is 18.2 Å². The van der Waals surface area contributed by atoms with Gasteiger partial charge in [-0.25, -0.2) is 9.78 Å². The number of hydrogen-bond donors (Lipinski definition) is 3. The summed E-state index contributed by atoms with van der Waals surface area (Å²) < 4.78 is 1.43. The van der Waals surface area contributed by atoms with Crippen molar-refractivity contribution in [1.29, 1.82) is 0 Å². The molecule has 0 aliphatic heterocycles. The number of aromatic nitrogens is 5. The summed E-state index contributed by atoms with van der Waals surface area (Å²) >= 11 is 6.13. The molecule has 186 valence electrons. The van der Waals surface area contributed by atoms with Crippen LogP contribution in [0.2, 0.25) is 5.02 Å². The van der Waals surface area contributed by atoms with E-state index in [1.807, 2.05) is 30.3 Å². The highest BCUT2D eigenvalue weighted by atomic mass is 35.5. The van der Waals surface area contributed by atoms with Crippen LogP contribution in [0.5, 0.6) is 0 Å². The summed E-state index contributed by atoms with van der Waals surface area (Å²) in [7, 11) is 0. The first-order chi connectivity index (χ1) is 17.9. The second-order valence-electron chi connectivity index (χ2n) is 7.77. The predicted molar refractivity (Wildman–Crippen MR) is 135 cm³/mol. The van der Waals surface area contributed by atoms with Gasteiger partial charge in [0.15, 0.2) is 0 Å². The van der Waals surface area contributed by atoms with Crippen molar-refractivity contribution in [3.05, 3.63) is 101 Å². The summed E-state index contributed by atoms with van der Waals surface area (Å²) in [5.41, 5.74) is 2.01. The molecule has 0 fully saturated rings. The fourth-order valence-corrected chi connectivity index (χ4v) is 3.57. The zero-order valence-corrected chi connectivity index (χ0v) is 19.9. The van der Waals surface area contributed by atoms with Gasteiger partial charge >= 0.3 is 5.97 Å². The highest BCUT2D eigenvalue weighted by molar-refractivity contribution is 6.30. The molecule has 4 rings (SSSR count). The van der Waals surface area contributed by atoms with Crippen LogP contribution in [0.3, 0.4) is 0 Å². The number of nitrogens with zero attached hydrogens (tertiary/aromatic N) is 5. The lowest BCUT2D eigenvalue weighted by Gasteiger charge is -2.18. The van der Waals surface area contributed by atoms with Crippen molar-refractivity contribution in [3.63, 3.8) is 0 Å². The van der Waals surface area contributed by atoms with Gasteiger partial charge in [-0.1, -0.05) is 41.9 Å². The number of halogens is 1. The van der Waals surface area contributed by atoms with Crippen LogP contribution in [-0.4, -0.2) is 54.1 Å². The van der Waals surface area contributed by atoms with E-state index in [1.54, 1.807) is 24.3 Å². The first kappa shape index (κ1) is 25.2. The molecule has 0 saturated carbocycles. The molecule has 12 heteroatoms. The van der Waals surface area contributed by atoms with Crippen LogP contribution in [-0.2, 0) is 16.0 Å². The number of benzene rings is 2. The quantitative estimate of drug-likeness (QED) is 0.286. The van der Waals surface area contributed by atoms with Crippen LogP contribution in [0.1, 0.15) is 21.5 Å². The Balaban J connectivity index is 1.51. The first-order valence-electron chi connectivity index (χ1n) is 10.9. The van der Waals surface area contributed by atoms with Gasteiger partial charge < -0.3 is 15.7 Å². The molecule has 2 aromatic carbocycles. The zero-order valence-electron chi connectivity index (χ0n) is 19.2. The molecule has 1 atom stereocenters. The van der Waals surface area contributed by atoms with Crippen molar-refractivity contribution in [1.82, 2.24) is 30.5 Å². The number of aromatic carboxylic acids is 1. The van der Waals surface area contributed by atoms with E-state index in [0.29, 0.717) is 16.3 Å². The Morgan fingerprint density at radius 3 is 2.57 bits per heavy atom. The number of carboxylic acids is 1. The lowest BCUT2D eigenvalue weighted by Crippen LogP contribution is -2.44. The summed E-state index contributed by atoms with van der Waals surface area (Å²) in [4.78, 5) is 40.9. The molecule has 37 heavy (non-hydrogen) atoms. The Hall–Kier alpha value is -4.90. The van der Waals surface area contributed by atoms with Crippen molar-refractivity contribution in [2.24, 2.45) is 0 Å². The van der Waals surface area contributed by atoms with E-state index < -0.39 is 23.8 Å². The summed E-state index contributed by atoms with van der Waals surface area (Å²) in [5, 5.41) is 25.9. The Morgan fingerprint density at radius 2 is 1.89 bits per heavy atom. The summed E-state index contributed by atoms with van der Waals surface area (Å²) in [6, 6.07) is 16.0. The average Bonchev–Trinajstić information content (AvgIpc) is 3.43. The van der Waals surface area contributed by atoms with Gasteiger partial charge in [0.2, 0.25) is 11.8 Å². The lowest BCUT2D eigenvalue weighted by atomic mass is 10.0. The molecule has 11 nitrogen and oxygen atoms in total. The minimum atomic E-state index is -1.13. The third-order valence-electron chi connectivity index (χ3n) is 5.18. The fourth-order valence-electron chi connectivity index (χ4n) is 3.39. The van der Waals surface area contributed by atoms with Gasteiger partial charge in [0.25, 0.3) is 0 Å². The third-order valence-corrected chi connectivity index (χ3v) is 5.41. The predicted octanol–water partition coefficient (Wildman–Crippen LogP) is 2.79. The van der Waals surface area contributed by atoms with Gasteiger partial charge in [-0.2, -0.15) is 4.68 Å². The molecule has 2 amide bonds. The van der Waals surface area contributed by atoms with Crippen LogP contribution in [0.4, 0.5) is 5.82 Å². The molecule has 0 aliphatic rings. The van der Waals surface area contributed by atoms with E-state index in [9.17, 15) is 14.4 Å². The molecule has 2 aromatic heterocycles. The third kappa shape index (κ3) is 6.83. The van der Waals surface area contributed by atoms with Crippen LogP contribution in [0, 0.1) is 0 Å². The van der Waals surface area contributed by atoms with Gasteiger partial charge in [-0.05, 0) is 52.4 Å². The molecule has 4 aromatic rings.